The van der Waals surface area contributed by atoms with Crippen molar-refractivity contribution >= 4 is 11.6 Å². The van der Waals surface area contributed by atoms with Gasteiger partial charge in [0.25, 0.3) is 0 Å². The van der Waals surface area contributed by atoms with Crippen LogP contribution in [0, 0.1) is 0 Å². The highest BCUT2D eigenvalue weighted by Gasteiger charge is 2.35. The summed E-state index contributed by atoms with van der Waals surface area (Å²) in [6, 6.07) is 3.53. The van der Waals surface area contributed by atoms with Crippen molar-refractivity contribution in [2.24, 2.45) is 0 Å². The summed E-state index contributed by atoms with van der Waals surface area (Å²) in [6.45, 7) is 0. The van der Waals surface area contributed by atoms with Crippen molar-refractivity contribution in [3.8, 4) is 0 Å². The monoisotopic (exact) mass is 186 g/mol. The molecule has 2 rings (SSSR count). The quantitative estimate of drug-likeness (QED) is 0.770. The minimum Gasteiger partial charge on any atom is -0.450 e. The molecule has 1 fully saturated rings. The number of hydrogen-bond acceptors (Lipinski definition) is 2. The molecular weight excluding hydrogens is 176 g/mol. The second-order valence-corrected chi connectivity index (χ2v) is 3.83. The third kappa shape index (κ3) is 1.50. The van der Waals surface area contributed by atoms with E-state index in [2.05, 4.69) is 0 Å². The van der Waals surface area contributed by atoms with Gasteiger partial charge in [0.1, 0.15) is 5.76 Å². The van der Waals surface area contributed by atoms with Crippen molar-refractivity contribution in [2.45, 2.75) is 31.3 Å². The summed E-state index contributed by atoms with van der Waals surface area (Å²) < 4.78 is 5.16. The highest BCUT2D eigenvalue weighted by atomic mass is 35.5. The van der Waals surface area contributed by atoms with Gasteiger partial charge in [-0.2, -0.15) is 0 Å². The number of hydrogen-bond donors (Lipinski definition) is 1. The largest absolute Gasteiger partial charge is 0.450 e. The molecule has 1 N–H and O–H groups in total. The second kappa shape index (κ2) is 2.79. The van der Waals surface area contributed by atoms with Crippen LogP contribution in [0.2, 0.25) is 5.22 Å². The summed E-state index contributed by atoms with van der Waals surface area (Å²) in [5, 5.41) is 10.2. The first-order chi connectivity index (χ1) is 5.68. The van der Waals surface area contributed by atoms with Crippen LogP contribution in [-0.2, 0) is 6.42 Å². The molecule has 0 spiro atoms. The first kappa shape index (κ1) is 8.14. The Morgan fingerprint density at radius 2 is 2.25 bits per heavy atom. The summed E-state index contributed by atoms with van der Waals surface area (Å²) >= 11 is 5.60. The van der Waals surface area contributed by atoms with Crippen molar-refractivity contribution < 1.29 is 9.52 Å². The van der Waals surface area contributed by atoms with Crippen LogP contribution in [0.1, 0.15) is 25.0 Å². The maximum Gasteiger partial charge on any atom is 0.193 e. The molecule has 12 heavy (non-hydrogen) atoms. The second-order valence-electron chi connectivity index (χ2n) is 3.46. The Balaban J connectivity index is 2.03. The van der Waals surface area contributed by atoms with E-state index >= 15 is 0 Å². The van der Waals surface area contributed by atoms with E-state index in [4.69, 9.17) is 16.0 Å². The van der Waals surface area contributed by atoms with Crippen LogP contribution in [0.5, 0.6) is 0 Å². The number of halogens is 1. The molecule has 0 aromatic carbocycles. The fourth-order valence-corrected chi connectivity index (χ4v) is 1.69. The van der Waals surface area contributed by atoms with Crippen molar-refractivity contribution in [1.29, 1.82) is 0 Å². The number of furan rings is 1. The molecule has 0 aliphatic heterocycles. The Kier molecular flexibility index (Phi) is 1.89. The van der Waals surface area contributed by atoms with E-state index in [1.807, 2.05) is 6.07 Å². The number of aliphatic hydroxyl groups is 1. The topological polar surface area (TPSA) is 33.4 Å². The molecule has 1 aliphatic rings. The summed E-state index contributed by atoms with van der Waals surface area (Å²) in [5.41, 5.74) is -0.513. The summed E-state index contributed by atoms with van der Waals surface area (Å²) in [4.78, 5) is 0. The third-order valence-corrected chi connectivity index (χ3v) is 2.62. The SMILES string of the molecule is OC1(Cc2ccc(Cl)o2)CCC1. The predicted molar refractivity (Wildman–Crippen MR) is 46.2 cm³/mol. The van der Waals surface area contributed by atoms with Gasteiger partial charge in [0.2, 0.25) is 0 Å². The number of rotatable bonds is 2. The Bertz CT molecular complexity index is 276. The molecule has 3 heteroatoms. The maximum absolute atomic E-state index is 9.77. The average Bonchev–Trinajstić information content (AvgIpc) is 2.32. The summed E-state index contributed by atoms with van der Waals surface area (Å²) in [7, 11) is 0. The molecule has 0 unspecified atom stereocenters. The lowest BCUT2D eigenvalue weighted by atomic mass is 9.77. The standard InChI is InChI=1S/C9H11ClO2/c10-8-3-2-7(12-8)6-9(11)4-1-5-9/h2-3,11H,1,4-6H2. The van der Waals surface area contributed by atoms with E-state index in [9.17, 15) is 5.11 Å². The molecule has 66 valence electrons. The van der Waals surface area contributed by atoms with Gasteiger partial charge >= 0.3 is 0 Å². The van der Waals surface area contributed by atoms with Gasteiger partial charge in [0, 0.05) is 6.42 Å². The van der Waals surface area contributed by atoms with Crippen LogP contribution in [0.25, 0.3) is 0 Å². The Labute approximate surface area is 76.1 Å². The molecule has 0 amide bonds. The molecule has 1 aliphatic carbocycles. The minimum absolute atomic E-state index is 0.396. The lowest BCUT2D eigenvalue weighted by Gasteiger charge is -2.35. The van der Waals surface area contributed by atoms with Gasteiger partial charge in [0.05, 0.1) is 5.60 Å². The molecule has 1 heterocycles. The Morgan fingerprint density at radius 1 is 1.50 bits per heavy atom. The molecular formula is C9H11ClO2. The zero-order chi connectivity index (χ0) is 8.60. The summed E-state index contributed by atoms with van der Waals surface area (Å²) in [5.74, 6) is 0.780. The fourth-order valence-electron chi connectivity index (χ4n) is 1.53. The molecule has 1 aromatic heterocycles. The smallest absolute Gasteiger partial charge is 0.193 e. The molecule has 0 bridgehead atoms. The zero-order valence-electron chi connectivity index (χ0n) is 6.72. The molecule has 0 saturated heterocycles. The average molecular weight is 187 g/mol. The van der Waals surface area contributed by atoms with E-state index in [1.165, 1.54) is 0 Å². The highest BCUT2D eigenvalue weighted by molar-refractivity contribution is 6.28. The van der Waals surface area contributed by atoms with E-state index in [0.29, 0.717) is 11.6 Å². The molecule has 0 atom stereocenters. The minimum atomic E-state index is -0.513. The van der Waals surface area contributed by atoms with Gasteiger partial charge in [-0.05, 0) is 43.0 Å². The van der Waals surface area contributed by atoms with Crippen LogP contribution in [0.15, 0.2) is 16.5 Å². The summed E-state index contributed by atoms with van der Waals surface area (Å²) in [6.07, 6.45) is 3.47. The molecule has 2 nitrogen and oxygen atoms in total. The zero-order valence-corrected chi connectivity index (χ0v) is 7.47. The Hall–Kier alpha value is -0.470. The lowest BCUT2D eigenvalue weighted by molar-refractivity contribution is -0.0359. The van der Waals surface area contributed by atoms with Gasteiger partial charge in [0.15, 0.2) is 5.22 Å². The fraction of sp³-hybridized carbons (Fsp3) is 0.556. The third-order valence-electron chi connectivity index (χ3n) is 2.42. The first-order valence-electron chi connectivity index (χ1n) is 4.15. The van der Waals surface area contributed by atoms with Crippen LogP contribution in [0.4, 0.5) is 0 Å². The highest BCUT2D eigenvalue weighted by Crippen LogP contribution is 2.35. The first-order valence-corrected chi connectivity index (χ1v) is 4.52. The van der Waals surface area contributed by atoms with Crippen LogP contribution in [-0.4, -0.2) is 10.7 Å². The van der Waals surface area contributed by atoms with Gasteiger partial charge in [-0.25, -0.2) is 0 Å². The molecule has 1 saturated carbocycles. The Morgan fingerprint density at radius 3 is 2.67 bits per heavy atom. The molecule has 0 radical (unpaired) electrons. The van der Waals surface area contributed by atoms with Crippen LogP contribution in [0.3, 0.4) is 0 Å². The van der Waals surface area contributed by atoms with Gasteiger partial charge in [-0.15, -0.1) is 0 Å². The normalized spacial score (nSPS) is 20.5. The van der Waals surface area contributed by atoms with Crippen molar-refractivity contribution in [1.82, 2.24) is 0 Å². The van der Waals surface area contributed by atoms with Crippen LogP contribution >= 0.6 is 11.6 Å². The van der Waals surface area contributed by atoms with E-state index < -0.39 is 5.60 Å². The lowest BCUT2D eigenvalue weighted by Crippen LogP contribution is -2.38. The predicted octanol–water partition coefficient (Wildman–Crippen LogP) is 2.39. The maximum atomic E-state index is 9.77. The van der Waals surface area contributed by atoms with Gasteiger partial charge < -0.3 is 9.52 Å². The van der Waals surface area contributed by atoms with Crippen molar-refractivity contribution in [2.75, 3.05) is 0 Å². The van der Waals surface area contributed by atoms with E-state index in [0.717, 1.165) is 25.0 Å². The van der Waals surface area contributed by atoms with Crippen molar-refractivity contribution in [3.63, 3.8) is 0 Å². The van der Waals surface area contributed by atoms with Gasteiger partial charge in [-0.1, -0.05) is 0 Å². The molecule has 1 aromatic rings. The van der Waals surface area contributed by atoms with Gasteiger partial charge in [-0.3, -0.25) is 0 Å². The van der Waals surface area contributed by atoms with E-state index in [-0.39, 0.29) is 0 Å². The van der Waals surface area contributed by atoms with Crippen molar-refractivity contribution in [3.05, 3.63) is 23.1 Å². The van der Waals surface area contributed by atoms with E-state index in [1.54, 1.807) is 6.07 Å². The van der Waals surface area contributed by atoms with Crippen LogP contribution < -0.4 is 0 Å².